The van der Waals surface area contributed by atoms with E-state index in [0.717, 1.165) is 18.1 Å². The first kappa shape index (κ1) is 14.8. The smallest absolute Gasteiger partial charge is 0.174 e. The van der Waals surface area contributed by atoms with Gasteiger partial charge in [-0.1, -0.05) is 30.5 Å². The first-order chi connectivity index (χ1) is 18.5. The van der Waals surface area contributed by atoms with Gasteiger partial charge in [0.2, 0.25) is 0 Å². The van der Waals surface area contributed by atoms with E-state index in [2.05, 4.69) is 37.7 Å². The van der Waals surface area contributed by atoms with Crippen molar-refractivity contribution < 1.29 is 20.8 Å². The lowest BCUT2D eigenvalue weighted by Crippen LogP contribution is -2.08. The van der Waals surface area contributed by atoms with E-state index in [1.807, 2.05) is 6.92 Å². The van der Waals surface area contributed by atoms with E-state index in [0.29, 0.717) is 33.5 Å². The van der Waals surface area contributed by atoms with Crippen molar-refractivity contribution in [3.63, 3.8) is 0 Å². The molecule has 0 aliphatic heterocycles. The van der Waals surface area contributed by atoms with E-state index in [-0.39, 0.29) is 18.4 Å². The average molecular weight is 521 g/mol. The average Bonchev–Trinajstić information content (AvgIpc) is 3.22. The highest BCUT2D eigenvalue weighted by molar-refractivity contribution is 9.10. The number of ether oxygens (including phenoxy) is 1. The zero-order valence-electron chi connectivity index (χ0n) is 25.4. The molecule has 0 radical (unpaired) electrons. The van der Waals surface area contributed by atoms with Crippen molar-refractivity contribution in [2.75, 3.05) is 6.61 Å². The SMILES string of the molecule is [2H]C1([2H])C([2H])([2H])C([2H])(Sc2nc(Br)c(COc3ccc(C#CCO)c(C)c3)n2-c2cccnc2)C([2H])([2H])C1([2H])C. The van der Waals surface area contributed by atoms with Crippen LogP contribution in [0.15, 0.2) is 52.5 Å². The Labute approximate surface area is 213 Å². The molecule has 2 unspecified atom stereocenters. The third-order valence-electron chi connectivity index (χ3n) is 4.53. The molecule has 1 saturated carbocycles. The monoisotopic (exact) mass is 519 g/mol. The first-order valence-electron chi connectivity index (χ1n) is 13.7. The Morgan fingerprint density at radius 1 is 1.41 bits per heavy atom. The second-order valence-corrected chi connectivity index (χ2v) is 8.56. The van der Waals surface area contributed by atoms with Gasteiger partial charge in [-0.05, 0) is 83.8 Å². The van der Waals surface area contributed by atoms with Crippen molar-refractivity contribution in [1.82, 2.24) is 14.5 Å². The predicted molar refractivity (Wildman–Crippen MR) is 131 cm³/mol. The topological polar surface area (TPSA) is 60.2 Å². The number of benzene rings is 1. The van der Waals surface area contributed by atoms with E-state index < -0.39 is 30.2 Å². The van der Waals surface area contributed by atoms with Crippen LogP contribution in [0.3, 0.4) is 0 Å². The molecule has 1 N–H and O–H groups in total. The van der Waals surface area contributed by atoms with Crippen molar-refractivity contribution in [2.24, 2.45) is 5.89 Å². The Morgan fingerprint density at radius 3 is 2.97 bits per heavy atom. The number of hydrogen-bond donors (Lipinski definition) is 1. The summed E-state index contributed by atoms with van der Waals surface area (Å²) in [4.78, 5) is 8.60. The van der Waals surface area contributed by atoms with E-state index in [1.54, 1.807) is 41.1 Å². The predicted octanol–water partition coefficient (Wildman–Crippen LogP) is 5.54. The first-order valence-corrected chi connectivity index (χ1v) is 11.3. The maximum Gasteiger partial charge on any atom is 0.174 e. The van der Waals surface area contributed by atoms with Crippen LogP contribution in [0.4, 0.5) is 0 Å². The highest BCUT2D eigenvalue weighted by Crippen LogP contribution is 2.39. The zero-order valence-corrected chi connectivity index (χ0v) is 19.8. The lowest BCUT2D eigenvalue weighted by molar-refractivity contribution is 0.297. The fourth-order valence-electron chi connectivity index (χ4n) is 3.03. The van der Waals surface area contributed by atoms with Crippen LogP contribution >= 0.6 is 27.7 Å². The van der Waals surface area contributed by atoms with Crippen molar-refractivity contribution in [1.29, 1.82) is 0 Å². The molecule has 2 aromatic heterocycles. The fraction of sp³-hybridized carbons (Fsp3) is 0.360. The molecular weight excluding hydrogens is 486 g/mol. The fourth-order valence-corrected chi connectivity index (χ4v) is 4.54. The third-order valence-corrected chi connectivity index (χ3v) is 6.03. The number of hydrogen-bond acceptors (Lipinski definition) is 5. The molecule has 0 amide bonds. The van der Waals surface area contributed by atoms with Crippen molar-refractivity contribution in [2.45, 2.75) is 50.0 Å². The Kier molecular flexibility index (Phi) is 4.88. The van der Waals surface area contributed by atoms with Crippen LogP contribution < -0.4 is 4.74 Å². The van der Waals surface area contributed by atoms with Gasteiger partial charge in [-0.15, -0.1) is 0 Å². The van der Waals surface area contributed by atoms with E-state index in [9.17, 15) is 0 Å². The highest BCUT2D eigenvalue weighted by Gasteiger charge is 2.26. The van der Waals surface area contributed by atoms with Crippen LogP contribution in [0.25, 0.3) is 5.69 Å². The lowest BCUT2D eigenvalue weighted by atomic mass is 10.1. The van der Waals surface area contributed by atoms with E-state index >= 15 is 0 Å². The van der Waals surface area contributed by atoms with Crippen molar-refractivity contribution in [3.8, 4) is 23.3 Å². The number of imidazole rings is 1. The summed E-state index contributed by atoms with van der Waals surface area (Å²) in [6.07, 6.45) is -5.91. The number of rotatable bonds is 6. The summed E-state index contributed by atoms with van der Waals surface area (Å²) < 4.78 is 76.2. The quantitative estimate of drug-likeness (QED) is 0.433. The molecule has 166 valence electrons. The minimum atomic E-state index is -3.07. The van der Waals surface area contributed by atoms with Crippen molar-refractivity contribution in [3.05, 3.63) is 64.1 Å². The highest BCUT2D eigenvalue weighted by atomic mass is 79.9. The van der Waals surface area contributed by atoms with Crippen LogP contribution in [-0.4, -0.2) is 31.5 Å². The summed E-state index contributed by atoms with van der Waals surface area (Å²) >= 11 is 3.84. The number of nitrogens with zero attached hydrogens (tertiary/aromatic N) is 3. The molecule has 32 heavy (non-hydrogen) atoms. The maximum absolute atomic E-state index is 9.01. The number of aliphatic hydroxyl groups is 1. The Hall–Kier alpha value is -2.27. The minimum absolute atomic E-state index is 0.000492. The van der Waals surface area contributed by atoms with Gasteiger partial charge in [0.1, 0.15) is 23.6 Å². The number of halogens is 1. The molecule has 2 heterocycles. The molecule has 4 rings (SSSR count). The van der Waals surface area contributed by atoms with Crippen molar-refractivity contribution >= 4 is 27.7 Å². The second-order valence-electron chi connectivity index (χ2n) is 6.83. The van der Waals surface area contributed by atoms with E-state index in [1.165, 1.54) is 6.20 Å². The van der Waals surface area contributed by atoms with Gasteiger partial charge in [0.15, 0.2) is 5.16 Å². The van der Waals surface area contributed by atoms with Gasteiger partial charge < -0.3 is 9.84 Å². The standard InChI is InChI=1S/C25H26BrN3O2S/c1-17-7-10-22(13-17)32-25-28-24(26)23(29(25)20-6-3-11-27-15-20)16-31-21-9-8-19(5-4-12-30)18(2)14-21/h3,6,8-9,11,14-15,17,22,30H,7,10,12-13,16H2,1-2H3/i7D2,10D2,13D2,17D,22D. The molecular formula is C25H26BrN3O2S. The summed E-state index contributed by atoms with van der Waals surface area (Å²) in [5.74, 6) is 3.42. The molecule has 3 aromatic rings. The van der Waals surface area contributed by atoms with Crippen LogP contribution in [0, 0.1) is 24.7 Å². The van der Waals surface area contributed by atoms with Gasteiger partial charge >= 0.3 is 0 Å². The van der Waals surface area contributed by atoms with Crippen LogP contribution in [0.5, 0.6) is 5.75 Å². The number of thioether (sulfide) groups is 1. The molecule has 1 aliphatic rings. The Balaban J connectivity index is 1.77. The molecule has 1 aliphatic carbocycles. The molecule has 5 nitrogen and oxygen atoms in total. The Bertz CT molecular complexity index is 1460. The van der Waals surface area contributed by atoms with Gasteiger partial charge in [0, 0.05) is 28.0 Å². The number of aliphatic hydroxyl groups excluding tert-OH is 1. The zero-order chi connectivity index (χ0) is 29.7. The van der Waals surface area contributed by atoms with Gasteiger partial charge in [-0.2, -0.15) is 0 Å². The van der Waals surface area contributed by atoms with Gasteiger partial charge in [-0.25, -0.2) is 4.98 Å². The van der Waals surface area contributed by atoms with Crippen LogP contribution in [0.1, 0.15) is 53.8 Å². The molecule has 7 heteroatoms. The number of aromatic nitrogens is 3. The van der Waals surface area contributed by atoms with Gasteiger partial charge in [0.05, 0.1) is 17.6 Å². The number of aryl methyl sites for hydroxylation is 1. The maximum atomic E-state index is 9.01. The molecule has 1 fully saturated rings. The molecule has 1 aromatic carbocycles. The number of pyridine rings is 1. The summed E-state index contributed by atoms with van der Waals surface area (Å²) in [6, 6.07) is 8.65. The third kappa shape index (κ3) is 5.37. The Morgan fingerprint density at radius 2 is 2.28 bits per heavy atom. The molecule has 0 saturated heterocycles. The molecule has 0 spiro atoms. The minimum Gasteiger partial charge on any atom is -0.487 e. The summed E-state index contributed by atoms with van der Waals surface area (Å²) in [5.41, 5.74) is 2.51. The van der Waals surface area contributed by atoms with Crippen LogP contribution in [-0.2, 0) is 6.61 Å². The van der Waals surface area contributed by atoms with Gasteiger partial charge in [0.25, 0.3) is 0 Å². The van der Waals surface area contributed by atoms with Crippen LogP contribution in [0.2, 0.25) is 0 Å². The molecule has 2 atom stereocenters. The second kappa shape index (κ2) is 10.6. The summed E-state index contributed by atoms with van der Waals surface area (Å²) in [5, 5.41) is 6.16. The summed E-state index contributed by atoms with van der Waals surface area (Å²) in [6.45, 7) is 2.55. The largest absolute Gasteiger partial charge is 0.487 e. The summed E-state index contributed by atoms with van der Waals surface area (Å²) in [7, 11) is 0. The lowest BCUT2D eigenvalue weighted by Gasteiger charge is -2.15. The van der Waals surface area contributed by atoms with Gasteiger partial charge in [-0.3, -0.25) is 9.55 Å². The van der Waals surface area contributed by atoms with E-state index in [4.69, 9.17) is 20.8 Å². The molecule has 0 bridgehead atoms. The normalized spacial score (nSPS) is 30.8.